The summed E-state index contributed by atoms with van der Waals surface area (Å²) in [5.74, 6) is -0.844. The van der Waals surface area contributed by atoms with Crippen LogP contribution in [0.5, 0.6) is 0 Å². The Morgan fingerprint density at radius 3 is 2.52 bits per heavy atom. The summed E-state index contributed by atoms with van der Waals surface area (Å²) in [7, 11) is 0. The molecule has 2 aromatic rings. The molecule has 1 aromatic carbocycles. The maximum absolute atomic E-state index is 11.4. The lowest BCUT2D eigenvalue weighted by molar-refractivity contribution is 0.0688. The minimum atomic E-state index is -1.01. The van der Waals surface area contributed by atoms with E-state index in [0.29, 0.717) is 6.54 Å². The molecule has 112 valence electrons. The average molecular weight is 287 g/mol. The highest BCUT2D eigenvalue weighted by Crippen LogP contribution is 2.26. The van der Waals surface area contributed by atoms with Crippen molar-refractivity contribution >= 4 is 5.97 Å². The van der Waals surface area contributed by atoms with Crippen LogP contribution in [0.15, 0.2) is 24.3 Å². The molecular formula is C16H21N3O2. The predicted molar refractivity (Wildman–Crippen MR) is 80.6 cm³/mol. The van der Waals surface area contributed by atoms with E-state index < -0.39 is 5.97 Å². The van der Waals surface area contributed by atoms with Gasteiger partial charge in [0, 0.05) is 5.92 Å². The molecule has 1 N–H and O–H groups in total. The van der Waals surface area contributed by atoms with E-state index in [1.54, 1.807) is 4.68 Å². The Bertz CT molecular complexity index is 630. The molecule has 0 saturated heterocycles. The zero-order chi connectivity index (χ0) is 15.4. The van der Waals surface area contributed by atoms with Crippen LogP contribution in [0.4, 0.5) is 0 Å². The van der Waals surface area contributed by atoms with Crippen molar-refractivity contribution in [3.05, 3.63) is 46.8 Å². The lowest BCUT2D eigenvalue weighted by Crippen LogP contribution is -2.13. The molecule has 5 heteroatoms. The minimum absolute atomic E-state index is 0.0808. The number of hydrogen-bond donors (Lipinski definition) is 1. The van der Waals surface area contributed by atoms with Gasteiger partial charge in [-0.1, -0.05) is 43.3 Å². The highest BCUT2D eigenvalue weighted by molar-refractivity contribution is 5.86. The molecule has 0 aliphatic heterocycles. The summed E-state index contributed by atoms with van der Waals surface area (Å²) >= 11 is 0. The van der Waals surface area contributed by atoms with Crippen molar-refractivity contribution in [2.24, 2.45) is 0 Å². The summed E-state index contributed by atoms with van der Waals surface area (Å²) in [6, 6.07) is 8.05. The van der Waals surface area contributed by atoms with Crippen LogP contribution in [0.1, 0.15) is 59.9 Å². The van der Waals surface area contributed by atoms with E-state index in [-0.39, 0.29) is 11.6 Å². The molecule has 0 aliphatic rings. The summed E-state index contributed by atoms with van der Waals surface area (Å²) in [6.45, 7) is 6.72. The fourth-order valence-corrected chi connectivity index (χ4v) is 2.62. The van der Waals surface area contributed by atoms with Crippen molar-refractivity contribution in [1.29, 1.82) is 0 Å². The first-order chi connectivity index (χ1) is 10.1. The van der Waals surface area contributed by atoms with Gasteiger partial charge in [-0.2, -0.15) is 0 Å². The number of benzene rings is 1. The first kappa shape index (κ1) is 15.2. The maximum Gasteiger partial charge on any atom is 0.358 e. The highest BCUT2D eigenvalue weighted by atomic mass is 16.4. The summed E-state index contributed by atoms with van der Waals surface area (Å²) in [5.41, 5.74) is 3.11. The molecule has 0 radical (unpaired) electrons. The van der Waals surface area contributed by atoms with Crippen molar-refractivity contribution in [2.75, 3.05) is 0 Å². The first-order valence-corrected chi connectivity index (χ1v) is 7.29. The van der Waals surface area contributed by atoms with Crippen LogP contribution >= 0.6 is 0 Å². The van der Waals surface area contributed by atoms with Gasteiger partial charge in [0.05, 0.1) is 12.2 Å². The van der Waals surface area contributed by atoms with Crippen LogP contribution in [0.25, 0.3) is 0 Å². The zero-order valence-corrected chi connectivity index (χ0v) is 12.7. The molecule has 0 atom stereocenters. The lowest BCUT2D eigenvalue weighted by Gasteiger charge is -2.15. The Hall–Kier alpha value is -2.17. The number of hydrogen-bond acceptors (Lipinski definition) is 3. The number of nitrogens with zero attached hydrogens (tertiary/aromatic N) is 3. The maximum atomic E-state index is 11.4. The third-order valence-corrected chi connectivity index (χ3v) is 3.93. The molecule has 0 fully saturated rings. The number of carboxylic acids is 1. The van der Waals surface area contributed by atoms with Gasteiger partial charge in [-0.15, -0.1) is 5.10 Å². The van der Waals surface area contributed by atoms with Gasteiger partial charge in [0.1, 0.15) is 0 Å². The molecule has 0 aliphatic carbocycles. The number of aromatic nitrogens is 3. The van der Waals surface area contributed by atoms with Crippen LogP contribution in [-0.2, 0) is 6.54 Å². The minimum Gasteiger partial charge on any atom is -0.476 e. The number of aromatic carboxylic acids is 1. The molecule has 1 heterocycles. The van der Waals surface area contributed by atoms with Gasteiger partial charge in [-0.25, -0.2) is 9.48 Å². The molecule has 0 saturated carbocycles. The van der Waals surface area contributed by atoms with Crippen LogP contribution in [0.2, 0.25) is 0 Å². The first-order valence-electron chi connectivity index (χ1n) is 7.29. The van der Waals surface area contributed by atoms with Crippen molar-refractivity contribution in [2.45, 2.75) is 46.1 Å². The molecule has 5 nitrogen and oxygen atoms in total. The second-order valence-corrected chi connectivity index (χ2v) is 5.23. The fraction of sp³-hybridized carbons (Fsp3) is 0.438. The largest absolute Gasteiger partial charge is 0.476 e. The highest BCUT2D eigenvalue weighted by Gasteiger charge is 2.24. The van der Waals surface area contributed by atoms with E-state index in [4.69, 9.17) is 0 Å². The van der Waals surface area contributed by atoms with E-state index in [2.05, 4.69) is 24.2 Å². The zero-order valence-electron chi connectivity index (χ0n) is 12.7. The van der Waals surface area contributed by atoms with E-state index in [1.165, 1.54) is 5.56 Å². The van der Waals surface area contributed by atoms with Crippen molar-refractivity contribution in [1.82, 2.24) is 15.0 Å². The number of carboxylic acid groups (broad SMARTS) is 1. The van der Waals surface area contributed by atoms with Crippen molar-refractivity contribution in [3.63, 3.8) is 0 Å². The smallest absolute Gasteiger partial charge is 0.358 e. The van der Waals surface area contributed by atoms with Gasteiger partial charge in [0.25, 0.3) is 0 Å². The Morgan fingerprint density at radius 1 is 1.29 bits per heavy atom. The quantitative estimate of drug-likeness (QED) is 0.885. The molecule has 0 amide bonds. The number of aryl methyl sites for hydroxylation is 1. The summed E-state index contributed by atoms with van der Waals surface area (Å²) in [6.07, 6.45) is 1.75. The monoisotopic (exact) mass is 287 g/mol. The van der Waals surface area contributed by atoms with Gasteiger partial charge in [0.2, 0.25) is 0 Å². The molecule has 0 spiro atoms. The fourth-order valence-electron chi connectivity index (χ4n) is 2.62. The molecule has 0 bridgehead atoms. The van der Waals surface area contributed by atoms with Gasteiger partial charge < -0.3 is 5.11 Å². The van der Waals surface area contributed by atoms with Crippen LogP contribution in [0.3, 0.4) is 0 Å². The number of rotatable bonds is 6. The topological polar surface area (TPSA) is 68.0 Å². The third-order valence-electron chi connectivity index (χ3n) is 3.93. The second kappa shape index (κ2) is 6.52. The third kappa shape index (κ3) is 3.12. The van der Waals surface area contributed by atoms with Crippen molar-refractivity contribution in [3.8, 4) is 0 Å². The summed E-state index contributed by atoms with van der Waals surface area (Å²) < 4.78 is 1.74. The second-order valence-electron chi connectivity index (χ2n) is 5.23. The van der Waals surface area contributed by atoms with Gasteiger partial charge in [-0.3, -0.25) is 0 Å². The lowest BCUT2D eigenvalue weighted by atomic mass is 9.97. The SMILES string of the molecule is CCC(CC)c1c(C(=O)O)nnn1Cc1ccccc1C. The van der Waals surface area contributed by atoms with Gasteiger partial charge in [-0.05, 0) is 30.9 Å². The predicted octanol–water partition coefficient (Wildman–Crippen LogP) is 3.24. The molecule has 1 aromatic heterocycles. The van der Waals surface area contributed by atoms with Gasteiger partial charge >= 0.3 is 5.97 Å². The number of carbonyl (C=O) groups is 1. The average Bonchev–Trinajstić information content (AvgIpc) is 2.87. The molecule has 21 heavy (non-hydrogen) atoms. The standard InChI is InChI=1S/C16H21N3O2/c1-4-12(5-2)15-14(16(20)21)17-18-19(15)10-13-9-7-6-8-11(13)3/h6-9,12H,4-5,10H2,1-3H3,(H,20,21). The van der Waals surface area contributed by atoms with E-state index in [9.17, 15) is 9.90 Å². The Morgan fingerprint density at radius 2 is 1.95 bits per heavy atom. The normalized spacial score (nSPS) is 11.0. The molecule has 0 unspecified atom stereocenters. The van der Waals surface area contributed by atoms with Crippen LogP contribution in [-0.4, -0.2) is 26.1 Å². The summed E-state index contributed by atoms with van der Waals surface area (Å²) in [4.78, 5) is 11.4. The Balaban J connectivity index is 2.44. The van der Waals surface area contributed by atoms with Crippen molar-refractivity contribution < 1.29 is 9.90 Å². The van der Waals surface area contributed by atoms with Gasteiger partial charge in [0.15, 0.2) is 5.69 Å². The van der Waals surface area contributed by atoms with E-state index in [0.717, 1.165) is 24.1 Å². The van der Waals surface area contributed by atoms with E-state index in [1.807, 2.05) is 31.2 Å². The van der Waals surface area contributed by atoms with Crippen LogP contribution < -0.4 is 0 Å². The van der Waals surface area contributed by atoms with Crippen LogP contribution in [0, 0.1) is 6.92 Å². The van der Waals surface area contributed by atoms with E-state index >= 15 is 0 Å². The molecule has 2 rings (SSSR count). The summed E-state index contributed by atoms with van der Waals surface area (Å²) in [5, 5.41) is 17.3. The Kier molecular flexibility index (Phi) is 4.73. The Labute approximate surface area is 124 Å². The molecular weight excluding hydrogens is 266 g/mol.